The standard InChI is InChI=1S/C32H49N3O.C32H50N2O3.C31H47N3O.C29H48N2O3S.CO2/c1-19-6-8-25-22(4)32(36-30(25)14-19)13-11-26-27-9-7-23-15-24(35-18-21(3)33-34-35)10-12-31(23,5)29(27)16-28(26)20(2)17-32;1-19-13-28-30(34(17-19)18-29(36)33(5)6)21(3)32(37-28)12-10-24-25-8-7-22-14-23(35)9-11-31(22,4)27(25)15-26(24)20(2)16-32;1-19-5-7-24-21(3)31(35-29(24)15-19)12-10-25-26-8-6-22-16-23(34-14-13-32-33-34)9-11-30(22,4)28(26)17-27(25)20(2)18-31;1-17-5-7-22-19(3)29(34-27(22)13-17)12-10-23-24-8-6-20-14-21(31-35(30,32)33)9-11-28(20,4)26(24)15-25(23)18(2)16-29;2-1-3/h18-19,22-27,29-30H,6-17H2,1-5H3;19,21-22,24-25,27-28,30H,7-18H2,1-6H3;13-14,19,21-26,28-29H,5-12,15-18H2,1-4H3;17,19-24,26-27,31H,5-16H2,1-4H3,(H2,30,32,33);/t19-,22-,23-,24+,25+,26+,27+,29+,30-,31+,32+;19-,21+,22+,24-,25-,27-,28+,30-,31-,32-;19-,21-,22-,23-,24+,25+,26+,28+,29-,30+,31+;17-,19-,20-,21+,22+,23+,24+,26+,27-,28+,29+;/m1011./s1. The van der Waals surface area contributed by atoms with Gasteiger partial charge < -0.3 is 23.8 Å². The molecule has 7 heterocycles. The summed E-state index contributed by atoms with van der Waals surface area (Å²) in [5.74, 6) is 21.5. The van der Waals surface area contributed by atoms with Gasteiger partial charge in [0.2, 0.25) is 5.91 Å². The largest absolute Gasteiger partial charge is 0.373 e. The molecule has 24 aliphatic rings. The van der Waals surface area contributed by atoms with E-state index < -0.39 is 10.2 Å². The van der Waals surface area contributed by atoms with Crippen LogP contribution in [-0.4, -0.2) is 152 Å². The number of rotatable bonds is 6. The molecule has 0 aromatic carbocycles. The Bertz CT molecular complexity index is 5400. The fraction of sp³-hybridized carbons (Fsp3) is 0.880. The minimum absolute atomic E-state index is 0.0135. The number of nitrogens with zero attached hydrogens (tertiary/aromatic N) is 8. The van der Waals surface area contributed by atoms with Crippen LogP contribution in [0.15, 0.2) is 63.2 Å². The van der Waals surface area contributed by atoms with E-state index in [0.717, 1.165) is 201 Å². The van der Waals surface area contributed by atoms with Crippen LogP contribution in [-0.2, 0) is 48.3 Å². The Balaban J connectivity index is 0.000000110. The van der Waals surface area contributed by atoms with Crippen LogP contribution >= 0.6 is 0 Å². The van der Waals surface area contributed by atoms with Gasteiger partial charge in [-0.1, -0.05) is 157 Å². The fourth-order valence-corrected chi connectivity index (χ4v) is 43.6. The molecule has 26 rings (SSSR count). The predicted molar refractivity (Wildman–Crippen MR) is 573 cm³/mol. The van der Waals surface area contributed by atoms with Crippen LogP contribution in [0.25, 0.3) is 0 Å². The smallest absolute Gasteiger partial charge is 0.371 e. The van der Waals surface area contributed by atoms with Crippen molar-refractivity contribution in [3.8, 4) is 0 Å². The summed E-state index contributed by atoms with van der Waals surface area (Å²) in [5.41, 5.74) is 17.1. The third-order valence-corrected chi connectivity index (χ3v) is 51.6. The monoisotopic (exact) mass is 2030 g/mol. The first-order valence-electron chi connectivity index (χ1n) is 61.0. The lowest BCUT2D eigenvalue weighted by Gasteiger charge is -2.54. The van der Waals surface area contributed by atoms with Crippen LogP contribution in [0.3, 0.4) is 0 Å². The van der Waals surface area contributed by atoms with E-state index >= 15 is 0 Å². The number of piperidine rings is 1. The number of hydrogen-bond donors (Lipinski definition) is 2. The van der Waals surface area contributed by atoms with Crippen LogP contribution in [0.2, 0.25) is 0 Å². The zero-order chi connectivity index (χ0) is 103. The number of carbonyl (C=O) groups is 2. The van der Waals surface area contributed by atoms with Crippen molar-refractivity contribution in [3.63, 3.8) is 0 Å². The van der Waals surface area contributed by atoms with Crippen molar-refractivity contribution in [2.24, 2.45) is 187 Å². The molecule has 0 bridgehead atoms. The second-order valence-corrected chi connectivity index (χ2v) is 59.2. The number of aryl methyl sites for hydroxylation is 1. The van der Waals surface area contributed by atoms with Crippen molar-refractivity contribution in [1.82, 2.24) is 44.5 Å². The molecule has 20 fully saturated rings. The van der Waals surface area contributed by atoms with Gasteiger partial charge in [0.1, 0.15) is 5.78 Å². The molecule has 5 aliphatic heterocycles. The normalized spacial score (nSPS) is 49.4. The summed E-state index contributed by atoms with van der Waals surface area (Å²) in [6, 6.07) is 1.48. The molecule has 0 radical (unpaired) electrons. The number of ketones is 1. The van der Waals surface area contributed by atoms with Gasteiger partial charge in [-0.2, -0.15) is 22.7 Å². The molecule has 19 aliphatic carbocycles. The fourth-order valence-electron chi connectivity index (χ4n) is 42.9. The van der Waals surface area contributed by atoms with E-state index in [4.69, 9.17) is 33.7 Å². The average Bonchev–Trinajstić information content (AvgIpc) is 1.56. The number of likely N-dealkylation sites (tertiary alicyclic amines) is 1. The summed E-state index contributed by atoms with van der Waals surface area (Å²) in [5, 5.41) is 22.5. The third kappa shape index (κ3) is 18.6. The third-order valence-electron chi connectivity index (χ3n) is 50.9. The number of likely N-dealkylation sites (N-methyl/N-ethyl adjacent to an activating group) is 1. The van der Waals surface area contributed by atoms with Gasteiger partial charge in [0.15, 0.2) is 0 Å². The molecule has 146 heavy (non-hydrogen) atoms. The average molecular weight is 2030 g/mol. The second kappa shape index (κ2) is 40.3. The minimum atomic E-state index is -3.62. The predicted octanol–water partition coefficient (Wildman–Crippen LogP) is 25.7. The number of allylic oxidation sites excluding steroid dienone is 4. The van der Waals surface area contributed by atoms with Gasteiger partial charge >= 0.3 is 6.15 Å². The highest BCUT2D eigenvalue weighted by atomic mass is 32.2. The second-order valence-electron chi connectivity index (χ2n) is 57.9. The minimum Gasteiger partial charge on any atom is -0.371 e. The maximum absolute atomic E-state index is 12.7. The van der Waals surface area contributed by atoms with Gasteiger partial charge in [0.05, 0.1) is 77.3 Å². The van der Waals surface area contributed by atoms with Crippen molar-refractivity contribution in [3.05, 3.63) is 68.9 Å². The molecule has 5 saturated heterocycles. The van der Waals surface area contributed by atoms with Crippen molar-refractivity contribution in [2.75, 3.05) is 27.2 Å². The quantitative estimate of drug-likeness (QED) is 0.255. The van der Waals surface area contributed by atoms with Gasteiger partial charge in [-0.3, -0.25) is 14.5 Å². The van der Waals surface area contributed by atoms with Crippen LogP contribution < -0.4 is 9.86 Å². The number of amides is 1. The Morgan fingerprint density at radius 1 is 0.438 bits per heavy atom. The van der Waals surface area contributed by atoms with Crippen LogP contribution in [0.5, 0.6) is 0 Å². The van der Waals surface area contributed by atoms with Crippen molar-refractivity contribution in [1.29, 1.82) is 0 Å². The number of fused-ring (bicyclic) bond motifs is 24. The molecule has 1 amide bonds. The summed E-state index contributed by atoms with van der Waals surface area (Å²) in [6.45, 7) is 43.6. The SMILES string of the molecule is CC1=C2C[C@H]3[C@@H](CC[C@@H]4CC(=O)CC[C@@]43C)[C@@H]2CC[C@@]2(C1)O[C@@H]1C[C@H](C)CN(CC(=O)N(C)C)[C@H]1[C@H]2C.CC1=C2C[C@H]3[C@@H](CC[C@@H]4C[C@@H](NS(N)(=O)=O)CC[C@@]43C)[C@@H]2CC[C@@]2(C1)O[C@@H]1C[C@H](C)CC[C@H]1[C@H]2C.CC1=C2C[C@H]3[C@@H](CC[C@@H]4C[C@@H](n5cc(C)nn5)CC[C@@]43C)[C@@H]2CC[C@@]2(C1)O[C@@H]1C[C@H](C)CC[C@H]1[C@H]2C.CC1=C2C[C@H]3[C@@H](CC[C@@H]4C[C@H](n5ccnn5)CC[C@@]43C)[C@@H]2CC[C@@]2(C1)O[C@@H]1C[C@H](C)CC[C@H]1[C@H]2C.O=C=O. The van der Waals surface area contributed by atoms with E-state index in [1.165, 1.54) is 231 Å². The molecule has 3 N–H and O–H groups in total. The molecule has 21 heteroatoms. The molecule has 15 saturated carbocycles. The van der Waals surface area contributed by atoms with Crippen molar-refractivity contribution < 1.29 is 46.5 Å². The molecule has 810 valence electrons. The molecule has 43 atom stereocenters. The number of nitrogens with one attached hydrogen (secondary N) is 1. The highest BCUT2D eigenvalue weighted by Gasteiger charge is 2.68. The van der Waals surface area contributed by atoms with Gasteiger partial charge in [0, 0.05) is 63.9 Å². The first kappa shape index (κ1) is 106. The number of nitrogens with two attached hydrogens (primary N) is 1. The zero-order valence-electron chi connectivity index (χ0n) is 94.0. The number of carbonyl (C=O) groups excluding carboxylic acids is 4. The lowest BCUT2D eigenvalue weighted by Crippen LogP contribution is -2.54. The van der Waals surface area contributed by atoms with Gasteiger partial charge in [-0.05, 0) is 473 Å². The summed E-state index contributed by atoms with van der Waals surface area (Å²) >= 11 is 0. The summed E-state index contributed by atoms with van der Waals surface area (Å²) in [4.78, 5) is 45.4. The van der Waals surface area contributed by atoms with Crippen LogP contribution in [0, 0.1) is 188 Å². The molecule has 20 nitrogen and oxygen atoms in total. The summed E-state index contributed by atoms with van der Waals surface area (Å²) in [6.07, 6.45) is 66.3. The molecular weight excluding hydrogens is 1830 g/mol. The van der Waals surface area contributed by atoms with Crippen LogP contribution in [0.1, 0.15) is 424 Å². The number of Topliss-reactive ketones (excluding diaryl/α,β-unsaturated/α-hetero) is 1. The van der Waals surface area contributed by atoms with E-state index in [-0.39, 0.29) is 46.6 Å². The Morgan fingerprint density at radius 3 is 1.20 bits per heavy atom. The Morgan fingerprint density at radius 2 is 0.808 bits per heavy atom. The Labute approximate surface area is 880 Å². The zero-order valence-corrected chi connectivity index (χ0v) is 94.8. The molecule has 2 aromatic heterocycles. The first-order valence-corrected chi connectivity index (χ1v) is 62.6. The number of hydrogen-bond acceptors (Lipinski definition) is 15. The van der Waals surface area contributed by atoms with E-state index in [1.54, 1.807) is 38.3 Å². The Kier molecular flexibility index (Phi) is 29.1. The molecular formula is C125H194N10O10S. The Hall–Kier alpha value is -4.57. The van der Waals surface area contributed by atoms with Crippen LogP contribution in [0.4, 0.5) is 0 Å². The maximum atomic E-state index is 12.7. The molecule has 4 spiro atoms. The van der Waals surface area contributed by atoms with Gasteiger partial charge in [-0.25, -0.2) is 14.5 Å². The topological polar surface area (TPSA) is 245 Å². The highest BCUT2D eigenvalue weighted by Crippen LogP contribution is 2.73. The van der Waals surface area contributed by atoms with Gasteiger partial charge in [-0.15, -0.1) is 10.2 Å². The van der Waals surface area contributed by atoms with E-state index in [1.807, 2.05) is 31.4 Å². The van der Waals surface area contributed by atoms with Gasteiger partial charge in [0.25, 0.3) is 10.2 Å². The lowest BCUT2D eigenvalue weighted by molar-refractivity contribution is -0.191. The summed E-state index contributed by atoms with van der Waals surface area (Å²) < 4.78 is 58.9. The summed E-state index contributed by atoms with van der Waals surface area (Å²) in [7, 11) is 0.117. The van der Waals surface area contributed by atoms with E-state index in [0.29, 0.717) is 106 Å². The number of aromatic nitrogens is 6. The van der Waals surface area contributed by atoms with Crippen molar-refractivity contribution >= 4 is 28.1 Å². The lowest BCUT2D eigenvalue weighted by atomic mass is 9.52. The van der Waals surface area contributed by atoms with Crippen molar-refractivity contribution in [2.45, 2.75) is 484 Å². The highest BCUT2D eigenvalue weighted by molar-refractivity contribution is 7.87. The number of ether oxygens (including phenoxy) is 4. The van der Waals surface area contributed by atoms with E-state index in [2.05, 4.69) is 170 Å². The molecule has 2 aromatic rings. The van der Waals surface area contributed by atoms with E-state index in [9.17, 15) is 18.0 Å². The molecule has 0 unspecified atom stereocenters. The first-order chi connectivity index (χ1) is 69.6. The maximum Gasteiger partial charge on any atom is 0.373 e.